The Morgan fingerprint density at radius 1 is 1.75 bits per heavy atom. The van der Waals surface area contributed by atoms with Gasteiger partial charge in [0.1, 0.15) is 6.61 Å². The Balaban J connectivity index is 2.27. The molecule has 16 heavy (non-hydrogen) atoms. The molecule has 0 radical (unpaired) electrons. The predicted molar refractivity (Wildman–Crippen MR) is 52.7 cm³/mol. The Kier molecular flexibility index (Phi) is 2.86. The molecule has 0 bridgehead atoms. The number of ether oxygens (including phenoxy) is 3. The molecule has 7 heteroatoms. The Labute approximate surface area is 91.1 Å². The van der Waals surface area contributed by atoms with Crippen LogP contribution in [0.4, 0.5) is 5.69 Å². The third-order valence-electron chi connectivity index (χ3n) is 2.09. The second-order valence-corrected chi connectivity index (χ2v) is 3.23. The summed E-state index contributed by atoms with van der Waals surface area (Å²) in [5.41, 5.74) is -0.138. The molecule has 86 valence electrons. The van der Waals surface area contributed by atoms with Crippen LogP contribution in [0.3, 0.4) is 0 Å². The van der Waals surface area contributed by atoms with E-state index in [1.807, 2.05) is 0 Å². The van der Waals surface area contributed by atoms with E-state index < -0.39 is 4.92 Å². The fourth-order valence-electron chi connectivity index (χ4n) is 1.42. The number of pyridine rings is 1. The number of nitrogens with zero attached hydrogens (tertiary/aromatic N) is 2. The van der Waals surface area contributed by atoms with Crippen LogP contribution in [-0.4, -0.2) is 36.3 Å². The highest BCUT2D eigenvalue weighted by Crippen LogP contribution is 2.37. The molecule has 1 atom stereocenters. The molecule has 0 saturated heterocycles. The number of methoxy groups -OCH3 is 1. The van der Waals surface area contributed by atoms with Crippen LogP contribution in [0.25, 0.3) is 0 Å². The van der Waals surface area contributed by atoms with Gasteiger partial charge in [0, 0.05) is 19.4 Å². The summed E-state index contributed by atoms with van der Waals surface area (Å²) in [7, 11) is 1.54. The van der Waals surface area contributed by atoms with Crippen molar-refractivity contribution in [2.45, 2.75) is 6.10 Å². The molecule has 0 spiro atoms. The number of rotatable bonds is 3. The number of aromatic nitrogens is 1. The van der Waals surface area contributed by atoms with Crippen molar-refractivity contribution in [2.75, 3.05) is 20.3 Å². The second-order valence-electron chi connectivity index (χ2n) is 3.23. The molecular formula is C9H10N2O5. The lowest BCUT2D eigenvalue weighted by molar-refractivity contribution is -0.386. The average Bonchev–Trinajstić information content (AvgIpc) is 2.28. The number of nitro groups is 1. The smallest absolute Gasteiger partial charge is 0.318 e. The molecule has 1 aromatic rings. The minimum absolute atomic E-state index is 0.0832. The van der Waals surface area contributed by atoms with Gasteiger partial charge in [-0.25, -0.2) is 4.98 Å². The van der Waals surface area contributed by atoms with E-state index in [0.717, 1.165) is 0 Å². The first-order valence-electron chi connectivity index (χ1n) is 4.64. The summed E-state index contributed by atoms with van der Waals surface area (Å²) in [5, 5.41) is 10.7. The molecule has 0 aliphatic carbocycles. The highest BCUT2D eigenvalue weighted by molar-refractivity contribution is 5.52. The zero-order valence-corrected chi connectivity index (χ0v) is 8.58. The van der Waals surface area contributed by atoms with Gasteiger partial charge in [0.2, 0.25) is 0 Å². The van der Waals surface area contributed by atoms with Crippen LogP contribution in [-0.2, 0) is 4.74 Å². The molecule has 1 aliphatic rings. The largest absolute Gasteiger partial charge is 0.479 e. The van der Waals surface area contributed by atoms with Crippen molar-refractivity contribution >= 4 is 5.69 Å². The van der Waals surface area contributed by atoms with Crippen molar-refractivity contribution < 1.29 is 19.1 Å². The van der Waals surface area contributed by atoms with Crippen molar-refractivity contribution in [3.05, 3.63) is 22.4 Å². The van der Waals surface area contributed by atoms with Gasteiger partial charge >= 0.3 is 5.69 Å². The zero-order chi connectivity index (χ0) is 11.5. The van der Waals surface area contributed by atoms with Crippen molar-refractivity contribution in [1.82, 2.24) is 4.98 Å². The third-order valence-corrected chi connectivity index (χ3v) is 2.09. The van der Waals surface area contributed by atoms with E-state index in [2.05, 4.69) is 4.98 Å². The lowest BCUT2D eigenvalue weighted by Crippen LogP contribution is -2.33. The molecule has 0 fully saturated rings. The highest BCUT2D eigenvalue weighted by Gasteiger charge is 2.29. The summed E-state index contributed by atoms with van der Waals surface area (Å²) >= 11 is 0. The minimum Gasteiger partial charge on any atom is -0.479 e. The Morgan fingerprint density at radius 3 is 3.25 bits per heavy atom. The van der Waals surface area contributed by atoms with Crippen LogP contribution < -0.4 is 9.47 Å². The molecule has 2 rings (SSSR count). The number of hydrogen-bond donors (Lipinski definition) is 0. The standard InChI is InChI=1S/C9H10N2O5/c1-14-4-6-5-15-8-7(11(12)13)2-3-10-9(8)16-6/h2-3,6H,4-5H2,1H3. The zero-order valence-electron chi connectivity index (χ0n) is 8.58. The molecule has 7 nitrogen and oxygen atoms in total. The molecule has 2 heterocycles. The fraction of sp³-hybridized carbons (Fsp3) is 0.444. The van der Waals surface area contributed by atoms with Crippen LogP contribution >= 0.6 is 0 Å². The van der Waals surface area contributed by atoms with Crippen molar-refractivity contribution in [1.29, 1.82) is 0 Å². The van der Waals surface area contributed by atoms with E-state index >= 15 is 0 Å². The fourth-order valence-corrected chi connectivity index (χ4v) is 1.42. The van der Waals surface area contributed by atoms with E-state index in [-0.39, 0.29) is 30.0 Å². The van der Waals surface area contributed by atoms with Gasteiger partial charge in [-0.2, -0.15) is 0 Å². The monoisotopic (exact) mass is 226 g/mol. The third kappa shape index (κ3) is 1.89. The van der Waals surface area contributed by atoms with E-state index in [1.165, 1.54) is 12.3 Å². The predicted octanol–water partition coefficient (Wildman–Crippen LogP) is 0.776. The first-order valence-corrected chi connectivity index (χ1v) is 4.64. The summed E-state index contributed by atoms with van der Waals surface area (Å²) in [4.78, 5) is 14.1. The molecule has 1 aliphatic heterocycles. The number of hydrogen-bond acceptors (Lipinski definition) is 6. The van der Waals surface area contributed by atoms with Crippen molar-refractivity contribution in [3.63, 3.8) is 0 Å². The molecule has 1 unspecified atom stereocenters. The van der Waals surface area contributed by atoms with Gasteiger partial charge in [-0.05, 0) is 0 Å². The van der Waals surface area contributed by atoms with Crippen LogP contribution in [0.2, 0.25) is 0 Å². The van der Waals surface area contributed by atoms with Gasteiger partial charge < -0.3 is 14.2 Å². The minimum atomic E-state index is -0.527. The second kappa shape index (κ2) is 4.31. The van der Waals surface area contributed by atoms with Gasteiger partial charge in [-0.1, -0.05) is 0 Å². The van der Waals surface area contributed by atoms with E-state index in [9.17, 15) is 10.1 Å². The first kappa shape index (κ1) is 10.6. The van der Waals surface area contributed by atoms with Crippen LogP contribution in [0, 0.1) is 10.1 Å². The molecule has 1 aromatic heterocycles. The summed E-state index contributed by atoms with van der Waals surface area (Å²) in [6.07, 6.45) is 1.03. The Hall–Kier alpha value is -1.89. The highest BCUT2D eigenvalue weighted by atomic mass is 16.6. The Morgan fingerprint density at radius 2 is 2.56 bits per heavy atom. The molecule has 0 saturated carbocycles. The van der Waals surface area contributed by atoms with Crippen LogP contribution in [0.1, 0.15) is 0 Å². The molecular weight excluding hydrogens is 216 g/mol. The number of fused-ring (bicyclic) bond motifs is 1. The van der Waals surface area contributed by atoms with Crippen LogP contribution in [0.5, 0.6) is 11.6 Å². The molecule has 0 amide bonds. The summed E-state index contributed by atoms with van der Waals surface area (Å²) in [5.74, 6) is 0.224. The normalized spacial score (nSPS) is 18.2. The maximum Gasteiger partial charge on any atom is 0.318 e. The maximum atomic E-state index is 10.7. The van der Waals surface area contributed by atoms with E-state index in [4.69, 9.17) is 14.2 Å². The quantitative estimate of drug-likeness (QED) is 0.559. The van der Waals surface area contributed by atoms with Crippen molar-refractivity contribution in [3.8, 4) is 11.6 Å². The van der Waals surface area contributed by atoms with Crippen molar-refractivity contribution in [2.24, 2.45) is 0 Å². The lowest BCUT2D eigenvalue weighted by Gasteiger charge is -2.24. The Bertz CT molecular complexity index is 409. The SMILES string of the molecule is COCC1COc2c([N+](=O)[O-])ccnc2O1. The van der Waals surface area contributed by atoms with Gasteiger partial charge in [0.05, 0.1) is 11.5 Å². The lowest BCUT2D eigenvalue weighted by atomic mass is 10.3. The topological polar surface area (TPSA) is 83.7 Å². The van der Waals surface area contributed by atoms with Gasteiger partial charge in [0.25, 0.3) is 11.6 Å². The van der Waals surface area contributed by atoms with Gasteiger partial charge in [-0.3, -0.25) is 10.1 Å². The van der Waals surface area contributed by atoms with Crippen LogP contribution in [0.15, 0.2) is 12.3 Å². The van der Waals surface area contributed by atoms with E-state index in [1.54, 1.807) is 7.11 Å². The summed E-state index contributed by atoms with van der Waals surface area (Å²) in [6, 6.07) is 1.28. The van der Waals surface area contributed by atoms with Gasteiger partial charge in [-0.15, -0.1) is 0 Å². The summed E-state index contributed by atoms with van der Waals surface area (Å²) in [6.45, 7) is 0.567. The first-order chi connectivity index (χ1) is 7.72. The molecule has 0 N–H and O–H groups in total. The maximum absolute atomic E-state index is 10.7. The van der Waals surface area contributed by atoms with E-state index in [0.29, 0.717) is 6.61 Å². The average molecular weight is 226 g/mol. The molecule has 0 aromatic carbocycles. The summed E-state index contributed by atoms with van der Waals surface area (Å²) < 4.78 is 15.6. The van der Waals surface area contributed by atoms with Gasteiger partial charge in [0.15, 0.2) is 6.10 Å².